The lowest BCUT2D eigenvalue weighted by Gasteiger charge is -2.31. The highest BCUT2D eigenvalue weighted by Crippen LogP contribution is 2.19. The molecule has 106 valence electrons. The first-order chi connectivity index (χ1) is 8.97. The maximum Gasteiger partial charge on any atom is 0.223 e. The number of hydrogen-bond donors (Lipinski definition) is 1. The molecule has 1 fully saturated rings. The van der Waals surface area contributed by atoms with E-state index >= 15 is 0 Å². The quantitative estimate of drug-likeness (QED) is 0.911. The van der Waals surface area contributed by atoms with Crippen molar-refractivity contribution in [1.82, 2.24) is 9.47 Å². The number of aromatic hydroxyl groups is 1. The molecule has 0 spiro atoms. The van der Waals surface area contributed by atoms with Crippen molar-refractivity contribution in [2.24, 2.45) is 5.92 Å². The zero-order valence-electron chi connectivity index (χ0n) is 12.1. The third-order valence-electron chi connectivity index (χ3n) is 3.96. The number of piperidine rings is 1. The molecule has 1 N–H and O–H groups in total. The van der Waals surface area contributed by atoms with Crippen LogP contribution in [0.2, 0.25) is 0 Å². The molecule has 19 heavy (non-hydrogen) atoms. The number of nitrogens with zero attached hydrogens (tertiary/aromatic N) is 2. The zero-order chi connectivity index (χ0) is 14.0. The Morgan fingerprint density at radius 1 is 1.37 bits per heavy atom. The van der Waals surface area contributed by atoms with Crippen LogP contribution in [-0.2, 0) is 6.54 Å². The lowest BCUT2D eigenvalue weighted by Crippen LogP contribution is -2.33. The molecule has 0 aliphatic carbocycles. The first kappa shape index (κ1) is 14.1. The van der Waals surface area contributed by atoms with Gasteiger partial charge in [0.15, 0.2) is 5.75 Å². The SMILES string of the molecule is CC1CCN(Cc2cc(=O)c(O)cn2C(C)C)CC1. The molecule has 0 bridgehead atoms. The molecule has 0 saturated carbocycles. The number of aromatic nitrogens is 1. The minimum atomic E-state index is -0.280. The Bertz CT molecular complexity index is 485. The summed E-state index contributed by atoms with van der Waals surface area (Å²) in [4.78, 5) is 14.0. The van der Waals surface area contributed by atoms with Crippen LogP contribution in [0.3, 0.4) is 0 Å². The fourth-order valence-corrected chi connectivity index (χ4v) is 2.64. The highest BCUT2D eigenvalue weighted by atomic mass is 16.3. The average Bonchev–Trinajstić information content (AvgIpc) is 2.36. The van der Waals surface area contributed by atoms with E-state index in [1.54, 1.807) is 12.3 Å². The van der Waals surface area contributed by atoms with Crippen molar-refractivity contribution in [3.63, 3.8) is 0 Å². The van der Waals surface area contributed by atoms with Crippen molar-refractivity contribution >= 4 is 0 Å². The van der Waals surface area contributed by atoms with Gasteiger partial charge in [-0.05, 0) is 45.7 Å². The topological polar surface area (TPSA) is 45.5 Å². The van der Waals surface area contributed by atoms with Gasteiger partial charge in [-0.25, -0.2) is 0 Å². The summed E-state index contributed by atoms with van der Waals surface area (Å²) < 4.78 is 1.99. The maximum atomic E-state index is 11.6. The molecule has 1 saturated heterocycles. The predicted molar refractivity (Wildman–Crippen MR) is 76.4 cm³/mol. The summed E-state index contributed by atoms with van der Waals surface area (Å²) in [6.45, 7) is 9.39. The van der Waals surface area contributed by atoms with Gasteiger partial charge in [0.1, 0.15) is 0 Å². The van der Waals surface area contributed by atoms with Gasteiger partial charge in [-0.15, -0.1) is 0 Å². The van der Waals surface area contributed by atoms with E-state index in [0.717, 1.165) is 31.2 Å². The minimum absolute atomic E-state index is 0.162. The Hall–Kier alpha value is -1.29. The van der Waals surface area contributed by atoms with Crippen LogP contribution in [0, 0.1) is 5.92 Å². The normalized spacial score (nSPS) is 18.1. The summed E-state index contributed by atoms with van der Waals surface area (Å²) in [5.41, 5.74) is 0.713. The summed E-state index contributed by atoms with van der Waals surface area (Å²) in [5.74, 6) is 0.646. The molecule has 0 radical (unpaired) electrons. The number of rotatable bonds is 3. The van der Waals surface area contributed by atoms with E-state index < -0.39 is 0 Å². The van der Waals surface area contributed by atoms with Crippen LogP contribution in [0.4, 0.5) is 0 Å². The highest BCUT2D eigenvalue weighted by Gasteiger charge is 2.18. The van der Waals surface area contributed by atoms with Crippen LogP contribution < -0.4 is 5.43 Å². The highest BCUT2D eigenvalue weighted by molar-refractivity contribution is 5.21. The van der Waals surface area contributed by atoms with Crippen molar-refractivity contribution in [1.29, 1.82) is 0 Å². The third kappa shape index (κ3) is 3.38. The minimum Gasteiger partial charge on any atom is -0.503 e. The summed E-state index contributed by atoms with van der Waals surface area (Å²) in [7, 11) is 0. The van der Waals surface area contributed by atoms with Crippen LogP contribution in [-0.4, -0.2) is 27.7 Å². The van der Waals surface area contributed by atoms with Crippen molar-refractivity contribution in [2.45, 2.75) is 46.2 Å². The van der Waals surface area contributed by atoms with E-state index in [-0.39, 0.29) is 17.2 Å². The van der Waals surface area contributed by atoms with Crippen molar-refractivity contribution in [2.75, 3.05) is 13.1 Å². The molecule has 0 aromatic carbocycles. The fraction of sp³-hybridized carbons (Fsp3) is 0.667. The van der Waals surface area contributed by atoms with E-state index in [9.17, 15) is 9.90 Å². The molecule has 1 aromatic rings. The Balaban J connectivity index is 2.19. The largest absolute Gasteiger partial charge is 0.503 e. The van der Waals surface area contributed by atoms with Gasteiger partial charge in [0.05, 0.1) is 6.20 Å². The smallest absolute Gasteiger partial charge is 0.223 e. The van der Waals surface area contributed by atoms with Gasteiger partial charge in [0.25, 0.3) is 0 Å². The first-order valence-corrected chi connectivity index (χ1v) is 7.13. The molecule has 1 aliphatic heterocycles. The monoisotopic (exact) mass is 264 g/mol. The first-order valence-electron chi connectivity index (χ1n) is 7.13. The van der Waals surface area contributed by atoms with E-state index in [1.165, 1.54) is 12.8 Å². The maximum absolute atomic E-state index is 11.6. The summed E-state index contributed by atoms with van der Waals surface area (Å²) in [6, 6.07) is 1.82. The molecule has 4 nitrogen and oxygen atoms in total. The average molecular weight is 264 g/mol. The van der Waals surface area contributed by atoms with Gasteiger partial charge in [0, 0.05) is 24.3 Å². The fourth-order valence-electron chi connectivity index (χ4n) is 2.64. The van der Waals surface area contributed by atoms with E-state index in [4.69, 9.17) is 0 Å². The van der Waals surface area contributed by atoms with Gasteiger partial charge in [-0.1, -0.05) is 6.92 Å². The van der Waals surface area contributed by atoms with Crippen molar-refractivity contribution in [3.05, 3.63) is 28.2 Å². The standard InChI is InChI=1S/C15H24N2O2/c1-11(2)17-10-15(19)14(18)8-13(17)9-16-6-4-12(3)5-7-16/h8,10-12,19H,4-7,9H2,1-3H3. The summed E-state index contributed by atoms with van der Waals surface area (Å²) >= 11 is 0. The van der Waals surface area contributed by atoms with Crippen LogP contribution in [0.1, 0.15) is 45.3 Å². The summed E-state index contributed by atoms with van der Waals surface area (Å²) in [6.07, 6.45) is 4.02. The predicted octanol–water partition coefficient (Wildman–Crippen LogP) is 2.37. The second-order valence-electron chi connectivity index (χ2n) is 5.97. The van der Waals surface area contributed by atoms with E-state index in [0.29, 0.717) is 0 Å². The van der Waals surface area contributed by atoms with Crippen molar-refractivity contribution in [3.8, 4) is 5.75 Å². The number of hydrogen-bond acceptors (Lipinski definition) is 3. The molecular formula is C15H24N2O2. The van der Waals surface area contributed by atoms with Crippen LogP contribution in [0.5, 0.6) is 5.75 Å². The molecule has 2 rings (SSSR count). The van der Waals surface area contributed by atoms with E-state index in [1.807, 2.05) is 4.57 Å². The Labute approximate surface area is 114 Å². The lowest BCUT2D eigenvalue weighted by molar-refractivity contribution is 0.180. The molecule has 0 atom stereocenters. The number of pyridine rings is 1. The number of likely N-dealkylation sites (tertiary alicyclic amines) is 1. The summed E-state index contributed by atoms with van der Waals surface area (Å²) in [5, 5.41) is 9.57. The third-order valence-corrected chi connectivity index (χ3v) is 3.96. The van der Waals surface area contributed by atoms with Gasteiger partial charge in [-0.3, -0.25) is 9.69 Å². The molecule has 1 aromatic heterocycles. The molecule has 0 amide bonds. The second kappa shape index (κ2) is 5.78. The molecule has 2 heterocycles. The van der Waals surface area contributed by atoms with Gasteiger partial charge in [-0.2, -0.15) is 0 Å². The van der Waals surface area contributed by atoms with Crippen LogP contribution in [0.25, 0.3) is 0 Å². The zero-order valence-corrected chi connectivity index (χ0v) is 12.1. The van der Waals surface area contributed by atoms with Gasteiger partial charge in [0.2, 0.25) is 5.43 Å². The molecule has 0 unspecified atom stereocenters. The molecular weight excluding hydrogens is 240 g/mol. The Kier molecular flexibility index (Phi) is 4.30. The van der Waals surface area contributed by atoms with Gasteiger partial charge < -0.3 is 9.67 Å². The molecule has 4 heteroatoms. The Morgan fingerprint density at radius 3 is 2.58 bits per heavy atom. The lowest BCUT2D eigenvalue weighted by atomic mass is 9.99. The Morgan fingerprint density at radius 2 is 2.00 bits per heavy atom. The van der Waals surface area contributed by atoms with Crippen LogP contribution >= 0.6 is 0 Å². The van der Waals surface area contributed by atoms with Crippen molar-refractivity contribution < 1.29 is 5.11 Å². The molecule has 1 aliphatic rings. The van der Waals surface area contributed by atoms with Gasteiger partial charge >= 0.3 is 0 Å². The van der Waals surface area contributed by atoms with E-state index in [2.05, 4.69) is 25.7 Å². The second-order valence-corrected chi connectivity index (χ2v) is 5.97. The van der Waals surface area contributed by atoms with Crippen LogP contribution in [0.15, 0.2) is 17.1 Å².